The van der Waals surface area contributed by atoms with E-state index in [9.17, 15) is 14.4 Å². The van der Waals surface area contributed by atoms with Crippen LogP contribution >= 0.6 is 11.6 Å². The number of nitrogens with zero attached hydrogens (tertiary/aromatic N) is 1. The molecule has 0 unspecified atom stereocenters. The summed E-state index contributed by atoms with van der Waals surface area (Å²) in [4.78, 5) is 35.9. The average molecular weight is 343 g/mol. The summed E-state index contributed by atoms with van der Waals surface area (Å²) in [5.74, 6) is -0.920. The van der Waals surface area contributed by atoms with Gasteiger partial charge in [-0.1, -0.05) is 18.5 Å². The normalized spacial score (nSPS) is 9.91. The van der Waals surface area contributed by atoms with Gasteiger partial charge >= 0.3 is 5.97 Å². The molecule has 0 radical (unpaired) electrons. The molecule has 23 heavy (non-hydrogen) atoms. The number of carbonyl (C=O) groups excluding carboxylic acids is 3. The molecule has 0 aliphatic heterocycles. The van der Waals surface area contributed by atoms with Crippen LogP contribution in [0.2, 0.25) is 5.02 Å². The number of likely N-dealkylation sites (N-methyl/N-ethyl adjacent to an activating group) is 1. The number of nitrogens with one attached hydrogen (secondary N) is 1. The molecule has 0 atom stereocenters. The third kappa shape index (κ3) is 6.15. The maximum Gasteiger partial charge on any atom is 0.306 e. The second-order valence-electron chi connectivity index (χ2n) is 4.66. The highest BCUT2D eigenvalue weighted by atomic mass is 35.5. The van der Waals surface area contributed by atoms with Crippen LogP contribution in [-0.2, 0) is 19.1 Å². The lowest BCUT2D eigenvalue weighted by molar-refractivity contribution is -0.151. The molecule has 1 aromatic carbocycles. The number of anilines is 1. The Labute approximate surface area is 139 Å². The first-order chi connectivity index (χ1) is 10.9. The molecule has 0 aliphatic rings. The maximum absolute atomic E-state index is 12.0. The predicted molar refractivity (Wildman–Crippen MR) is 85.5 cm³/mol. The number of hydrogen-bond acceptors (Lipinski definition) is 5. The second-order valence-corrected chi connectivity index (χ2v) is 5.09. The predicted octanol–water partition coefficient (Wildman–Crippen LogP) is 1.70. The summed E-state index contributed by atoms with van der Waals surface area (Å²) < 4.78 is 9.85. The molecule has 0 heterocycles. The first-order valence-electron chi connectivity index (χ1n) is 6.90. The standard InChI is InChI=1S/C15H19ClN2O5/c1-4-15(21)23-9-14(20)18(2)8-13(19)17-11-7-10(16)5-6-12(11)22-3/h5-7H,4,8-9H2,1-3H3,(H,17,19). The summed E-state index contributed by atoms with van der Waals surface area (Å²) in [5, 5.41) is 3.06. The monoisotopic (exact) mass is 342 g/mol. The summed E-state index contributed by atoms with van der Waals surface area (Å²) in [6.45, 7) is 1.04. The average Bonchev–Trinajstić information content (AvgIpc) is 2.52. The zero-order valence-corrected chi connectivity index (χ0v) is 14.0. The lowest BCUT2D eigenvalue weighted by atomic mass is 10.3. The number of carbonyl (C=O) groups is 3. The van der Waals surface area contributed by atoms with Gasteiger partial charge in [-0.25, -0.2) is 0 Å². The number of esters is 1. The first kappa shape index (κ1) is 18.8. The molecule has 126 valence electrons. The number of benzene rings is 1. The van der Waals surface area contributed by atoms with Gasteiger partial charge in [0.2, 0.25) is 5.91 Å². The van der Waals surface area contributed by atoms with E-state index in [1.54, 1.807) is 25.1 Å². The molecule has 0 saturated heterocycles. The van der Waals surface area contributed by atoms with E-state index in [0.717, 1.165) is 4.90 Å². The van der Waals surface area contributed by atoms with Gasteiger partial charge in [0.05, 0.1) is 19.3 Å². The van der Waals surface area contributed by atoms with Crippen molar-refractivity contribution in [3.05, 3.63) is 23.2 Å². The van der Waals surface area contributed by atoms with Crippen molar-refractivity contribution in [2.24, 2.45) is 0 Å². The van der Waals surface area contributed by atoms with Gasteiger partial charge in [0.25, 0.3) is 5.91 Å². The zero-order valence-electron chi connectivity index (χ0n) is 13.2. The van der Waals surface area contributed by atoms with Crippen molar-refractivity contribution in [2.75, 3.05) is 32.6 Å². The molecular formula is C15H19ClN2O5. The molecular weight excluding hydrogens is 324 g/mol. The molecule has 0 fully saturated rings. The van der Waals surface area contributed by atoms with E-state index >= 15 is 0 Å². The Morgan fingerprint density at radius 3 is 2.61 bits per heavy atom. The molecule has 1 rings (SSSR count). The minimum Gasteiger partial charge on any atom is -0.495 e. The summed E-state index contributed by atoms with van der Waals surface area (Å²) in [6, 6.07) is 4.80. The Morgan fingerprint density at radius 2 is 2.00 bits per heavy atom. The summed E-state index contributed by atoms with van der Waals surface area (Å²) in [6.07, 6.45) is 0.187. The van der Waals surface area contributed by atoms with E-state index in [0.29, 0.717) is 16.5 Å². The number of methoxy groups -OCH3 is 1. The molecule has 0 bridgehead atoms. The minimum absolute atomic E-state index is 0.187. The van der Waals surface area contributed by atoms with Crippen LogP contribution in [-0.4, -0.2) is 50.0 Å². The molecule has 0 aliphatic carbocycles. The zero-order chi connectivity index (χ0) is 17.4. The fourth-order valence-electron chi connectivity index (χ4n) is 1.63. The maximum atomic E-state index is 12.0. The Morgan fingerprint density at radius 1 is 1.30 bits per heavy atom. The molecule has 7 nitrogen and oxygen atoms in total. The molecule has 0 aromatic heterocycles. The number of ether oxygens (including phenoxy) is 2. The number of halogens is 1. The topological polar surface area (TPSA) is 84.9 Å². The third-order valence-corrected chi connectivity index (χ3v) is 3.12. The molecule has 2 amide bonds. The van der Waals surface area contributed by atoms with Crippen LogP contribution in [0.25, 0.3) is 0 Å². The van der Waals surface area contributed by atoms with Crippen molar-refractivity contribution in [3.8, 4) is 5.75 Å². The fraction of sp³-hybridized carbons (Fsp3) is 0.400. The molecule has 1 aromatic rings. The van der Waals surface area contributed by atoms with E-state index in [1.165, 1.54) is 14.2 Å². The van der Waals surface area contributed by atoms with Gasteiger partial charge in [-0.15, -0.1) is 0 Å². The Bertz CT molecular complexity index is 591. The van der Waals surface area contributed by atoms with Gasteiger partial charge in [0, 0.05) is 18.5 Å². The number of amides is 2. The largest absolute Gasteiger partial charge is 0.495 e. The van der Waals surface area contributed by atoms with Crippen molar-refractivity contribution in [2.45, 2.75) is 13.3 Å². The molecule has 0 saturated carbocycles. The lowest BCUT2D eigenvalue weighted by Gasteiger charge is -2.17. The Kier molecular flexibility index (Phi) is 7.34. The van der Waals surface area contributed by atoms with Crippen LogP contribution in [0.1, 0.15) is 13.3 Å². The van der Waals surface area contributed by atoms with E-state index in [2.05, 4.69) is 5.32 Å². The van der Waals surface area contributed by atoms with Crippen molar-refractivity contribution in [1.82, 2.24) is 4.90 Å². The van der Waals surface area contributed by atoms with Gasteiger partial charge in [0.1, 0.15) is 5.75 Å². The smallest absolute Gasteiger partial charge is 0.306 e. The van der Waals surface area contributed by atoms with Crippen molar-refractivity contribution >= 4 is 35.1 Å². The van der Waals surface area contributed by atoms with Crippen molar-refractivity contribution in [3.63, 3.8) is 0 Å². The van der Waals surface area contributed by atoms with E-state index in [1.807, 2.05) is 0 Å². The summed E-state index contributed by atoms with van der Waals surface area (Å²) >= 11 is 5.88. The van der Waals surface area contributed by atoms with Gasteiger partial charge in [-0.05, 0) is 18.2 Å². The van der Waals surface area contributed by atoms with Gasteiger partial charge < -0.3 is 19.7 Å². The molecule has 8 heteroatoms. The minimum atomic E-state index is -0.472. The lowest BCUT2D eigenvalue weighted by Crippen LogP contribution is -2.37. The van der Waals surface area contributed by atoms with Crippen LogP contribution < -0.4 is 10.1 Å². The van der Waals surface area contributed by atoms with Crippen LogP contribution in [0.4, 0.5) is 5.69 Å². The number of rotatable bonds is 7. The van der Waals surface area contributed by atoms with Crippen LogP contribution in [0, 0.1) is 0 Å². The molecule has 0 spiro atoms. The third-order valence-electron chi connectivity index (χ3n) is 2.89. The Hall–Kier alpha value is -2.28. The van der Waals surface area contributed by atoms with Crippen LogP contribution in [0.15, 0.2) is 18.2 Å². The highest BCUT2D eigenvalue weighted by Crippen LogP contribution is 2.27. The Balaban J connectivity index is 2.57. The van der Waals surface area contributed by atoms with Gasteiger partial charge in [0.15, 0.2) is 6.61 Å². The fourth-order valence-corrected chi connectivity index (χ4v) is 1.80. The quantitative estimate of drug-likeness (QED) is 0.762. The summed E-state index contributed by atoms with van der Waals surface area (Å²) in [5.41, 5.74) is 0.406. The first-order valence-corrected chi connectivity index (χ1v) is 7.28. The van der Waals surface area contributed by atoms with E-state index in [4.69, 9.17) is 21.1 Å². The van der Waals surface area contributed by atoms with Crippen LogP contribution in [0.5, 0.6) is 5.75 Å². The van der Waals surface area contributed by atoms with Crippen molar-refractivity contribution in [1.29, 1.82) is 0 Å². The van der Waals surface area contributed by atoms with E-state index < -0.39 is 24.4 Å². The van der Waals surface area contributed by atoms with Gasteiger partial charge in [-0.2, -0.15) is 0 Å². The van der Waals surface area contributed by atoms with Crippen LogP contribution in [0.3, 0.4) is 0 Å². The van der Waals surface area contributed by atoms with Gasteiger partial charge in [-0.3, -0.25) is 14.4 Å². The second kappa shape index (κ2) is 8.99. The van der Waals surface area contributed by atoms with E-state index in [-0.39, 0.29) is 13.0 Å². The summed E-state index contributed by atoms with van der Waals surface area (Å²) in [7, 11) is 2.91. The number of hydrogen-bond donors (Lipinski definition) is 1. The molecule has 1 N–H and O–H groups in total. The highest BCUT2D eigenvalue weighted by Gasteiger charge is 2.16. The highest BCUT2D eigenvalue weighted by molar-refractivity contribution is 6.31. The SMILES string of the molecule is CCC(=O)OCC(=O)N(C)CC(=O)Nc1cc(Cl)ccc1OC. The van der Waals surface area contributed by atoms with Crippen molar-refractivity contribution < 1.29 is 23.9 Å².